The van der Waals surface area contributed by atoms with Crippen LogP contribution in [0.3, 0.4) is 0 Å². The maximum absolute atomic E-state index is 10.2. The van der Waals surface area contributed by atoms with Crippen LogP contribution in [-0.4, -0.2) is 20.8 Å². The lowest BCUT2D eigenvalue weighted by molar-refractivity contribution is -0.107. The molecule has 2 rings (SSSR count). The zero-order valence-electron chi connectivity index (χ0n) is 6.84. The highest BCUT2D eigenvalue weighted by atomic mass is 16.3. The van der Waals surface area contributed by atoms with Gasteiger partial charge in [0.1, 0.15) is 17.7 Å². The summed E-state index contributed by atoms with van der Waals surface area (Å²) in [5.74, 6) is 0.183. The quantitative estimate of drug-likeness (QED) is 0.688. The average Bonchev–Trinajstić information content (AvgIpc) is 2.46. The van der Waals surface area contributed by atoms with E-state index in [1.54, 1.807) is 28.9 Å². The molecule has 2 aromatic heterocycles. The van der Waals surface area contributed by atoms with Crippen molar-refractivity contribution in [3.63, 3.8) is 0 Å². The molecule has 0 bridgehead atoms. The summed E-state index contributed by atoms with van der Waals surface area (Å²) in [6, 6.07) is 3.26. The summed E-state index contributed by atoms with van der Waals surface area (Å²) in [6.07, 6.45) is 4.39. The van der Waals surface area contributed by atoms with Crippen molar-refractivity contribution < 1.29 is 9.90 Å². The summed E-state index contributed by atoms with van der Waals surface area (Å²) < 4.78 is 1.69. The largest absolute Gasteiger partial charge is 0.506 e. The van der Waals surface area contributed by atoms with Crippen molar-refractivity contribution in [2.75, 3.05) is 0 Å². The number of hydrogen-bond donors (Lipinski definition) is 1. The van der Waals surface area contributed by atoms with Crippen LogP contribution in [0.2, 0.25) is 0 Å². The summed E-state index contributed by atoms with van der Waals surface area (Å²) in [4.78, 5) is 14.4. The Labute approximate surface area is 74.5 Å². The number of imidazole rings is 1. The van der Waals surface area contributed by atoms with E-state index in [1.807, 2.05) is 0 Å². The number of hydrogen-bond acceptors (Lipinski definition) is 3. The van der Waals surface area contributed by atoms with Crippen molar-refractivity contribution in [2.24, 2.45) is 0 Å². The van der Waals surface area contributed by atoms with Crippen molar-refractivity contribution in [1.82, 2.24) is 9.38 Å². The molecule has 66 valence electrons. The third kappa shape index (κ3) is 1.38. The Bertz CT molecular complexity index is 448. The van der Waals surface area contributed by atoms with E-state index in [0.29, 0.717) is 12.1 Å². The van der Waals surface area contributed by atoms with E-state index >= 15 is 0 Å². The van der Waals surface area contributed by atoms with Gasteiger partial charge in [0.2, 0.25) is 0 Å². The van der Waals surface area contributed by atoms with Gasteiger partial charge in [0.25, 0.3) is 0 Å². The molecule has 2 heterocycles. The number of carbonyl (C=O) groups excluding carboxylic acids is 1. The van der Waals surface area contributed by atoms with Gasteiger partial charge >= 0.3 is 0 Å². The average molecular weight is 176 g/mol. The first kappa shape index (κ1) is 7.79. The van der Waals surface area contributed by atoms with Crippen molar-refractivity contribution in [2.45, 2.75) is 6.42 Å². The molecule has 1 N–H and O–H groups in total. The fourth-order valence-corrected chi connectivity index (χ4v) is 1.22. The van der Waals surface area contributed by atoms with E-state index in [2.05, 4.69) is 4.98 Å². The van der Waals surface area contributed by atoms with Crippen LogP contribution in [0.15, 0.2) is 24.5 Å². The highest BCUT2D eigenvalue weighted by molar-refractivity contribution is 5.55. The summed E-state index contributed by atoms with van der Waals surface area (Å²) in [5, 5.41) is 9.15. The van der Waals surface area contributed by atoms with Crippen LogP contribution in [0.5, 0.6) is 5.75 Å². The molecular formula is C9H8N2O2. The minimum absolute atomic E-state index is 0.183. The van der Waals surface area contributed by atoms with Gasteiger partial charge in [0.15, 0.2) is 0 Å². The fraction of sp³-hybridized carbons (Fsp3) is 0.111. The zero-order chi connectivity index (χ0) is 9.26. The van der Waals surface area contributed by atoms with Gasteiger partial charge in [0.05, 0.1) is 11.9 Å². The van der Waals surface area contributed by atoms with E-state index in [1.165, 1.54) is 0 Å². The van der Waals surface area contributed by atoms with Crippen molar-refractivity contribution in [3.8, 4) is 5.75 Å². The summed E-state index contributed by atoms with van der Waals surface area (Å²) in [6.45, 7) is 0. The molecule has 0 amide bonds. The Kier molecular flexibility index (Phi) is 1.73. The lowest BCUT2D eigenvalue weighted by atomic mass is 10.4. The van der Waals surface area contributed by atoms with Crippen LogP contribution in [0.4, 0.5) is 0 Å². The summed E-state index contributed by atoms with van der Waals surface area (Å²) in [5.41, 5.74) is 1.44. The Morgan fingerprint density at radius 3 is 3.08 bits per heavy atom. The van der Waals surface area contributed by atoms with Gasteiger partial charge in [-0.15, -0.1) is 0 Å². The van der Waals surface area contributed by atoms with Gasteiger partial charge < -0.3 is 14.3 Å². The van der Waals surface area contributed by atoms with Crippen LogP contribution in [-0.2, 0) is 11.2 Å². The van der Waals surface area contributed by atoms with Crippen LogP contribution in [0, 0.1) is 0 Å². The molecule has 0 aliphatic heterocycles. The Morgan fingerprint density at radius 2 is 2.31 bits per heavy atom. The molecule has 0 aliphatic carbocycles. The van der Waals surface area contributed by atoms with E-state index in [9.17, 15) is 4.79 Å². The second-order valence-corrected chi connectivity index (χ2v) is 2.76. The van der Waals surface area contributed by atoms with Crippen molar-refractivity contribution in [1.29, 1.82) is 0 Å². The van der Waals surface area contributed by atoms with E-state index in [0.717, 1.165) is 11.9 Å². The maximum atomic E-state index is 10.2. The predicted octanol–water partition coefficient (Wildman–Crippen LogP) is 0.781. The van der Waals surface area contributed by atoms with Gasteiger partial charge in [-0.1, -0.05) is 0 Å². The van der Waals surface area contributed by atoms with Gasteiger partial charge in [0, 0.05) is 12.6 Å². The number of pyridine rings is 1. The number of nitrogens with zero attached hydrogens (tertiary/aromatic N) is 2. The predicted molar refractivity (Wildman–Crippen MR) is 46.6 cm³/mol. The lowest BCUT2D eigenvalue weighted by Gasteiger charge is -1.92. The Morgan fingerprint density at radius 1 is 1.46 bits per heavy atom. The highest BCUT2D eigenvalue weighted by Crippen LogP contribution is 2.11. The van der Waals surface area contributed by atoms with E-state index in [-0.39, 0.29) is 5.75 Å². The minimum atomic E-state index is 0.183. The van der Waals surface area contributed by atoms with E-state index in [4.69, 9.17) is 5.11 Å². The SMILES string of the molecule is O=CCc1cn2cc(O)ccc2n1. The number of aromatic nitrogens is 2. The topological polar surface area (TPSA) is 54.6 Å². The highest BCUT2D eigenvalue weighted by Gasteiger charge is 2.00. The smallest absolute Gasteiger partial charge is 0.137 e. The molecule has 4 nitrogen and oxygen atoms in total. The standard InChI is InChI=1S/C9H8N2O2/c12-4-3-7-5-11-6-8(13)1-2-9(11)10-7/h1-2,4-6,13H,3H2. The molecule has 0 unspecified atom stereocenters. The second kappa shape index (κ2) is 2.90. The Hall–Kier alpha value is -1.84. The monoisotopic (exact) mass is 176 g/mol. The van der Waals surface area contributed by atoms with Crippen LogP contribution < -0.4 is 0 Å². The Balaban J connectivity index is 2.55. The van der Waals surface area contributed by atoms with E-state index < -0.39 is 0 Å². The third-order valence-electron chi connectivity index (χ3n) is 1.78. The van der Waals surface area contributed by atoms with Crippen LogP contribution in [0.1, 0.15) is 5.69 Å². The molecule has 0 radical (unpaired) electrons. The molecule has 0 aromatic carbocycles. The first-order chi connectivity index (χ1) is 6.29. The third-order valence-corrected chi connectivity index (χ3v) is 1.78. The number of carbonyl (C=O) groups is 1. The number of fused-ring (bicyclic) bond motifs is 1. The molecule has 0 fully saturated rings. The number of aromatic hydroxyl groups is 1. The molecule has 0 spiro atoms. The van der Waals surface area contributed by atoms with Gasteiger partial charge in [-0.05, 0) is 12.1 Å². The molecule has 0 atom stereocenters. The molecule has 4 heteroatoms. The van der Waals surface area contributed by atoms with Crippen LogP contribution in [0.25, 0.3) is 5.65 Å². The normalized spacial score (nSPS) is 10.5. The minimum Gasteiger partial charge on any atom is -0.506 e. The van der Waals surface area contributed by atoms with Gasteiger partial charge in [-0.3, -0.25) is 0 Å². The number of rotatable bonds is 2. The second-order valence-electron chi connectivity index (χ2n) is 2.76. The first-order valence-corrected chi connectivity index (χ1v) is 3.90. The molecule has 13 heavy (non-hydrogen) atoms. The van der Waals surface area contributed by atoms with Crippen molar-refractivity contribution >= 4 is 11.9 Å². The lowest BCUT2D eigenvalue weighted by Crippen LogP contribution is -1.83. The zero-order valence-corrected chi connectivity index (χ0v) is 6.84. The summed E-state index contributed by atoms with van der Waals surface area (Å²) >= 11 is 0. The van der Waals surface area contributed by atoms with Gasteiger partial charge in [-0.2, -0.15) is 0 Å². The molecular weight excluding hydrogens is 168 g/mol. The fourth-order valence-electron chi connectivity index (χ4n) is 1.22. The van der Waals surface area contributed by atoms with Crippen molar-refractivity contribution in [3.05, 3.63) is 30.2 Å². The summed E-state index contributed by atoms with van der Waals surface area (Å²) in [7, 11) is 0. The molecule has 0 aliphatic rings. The first-order valence-electron chi connectivity index (χ1n) is 3.90. The molecule has 0 saturated carbocycles. The molecule has 2 aromatic rings. The van der Waals surface area contributed by atoms with Crippen LogP contribution >= 0.6 is 0 Å². The van der Waals surface area contributed by atoms with Gasteiger partial charge in [-0.25, -0.2) is 4.98 Å². The maximum Gasteiger partial charge on any atom is 0.137 e. The number of aldehydes is 1. The molecule has 0 saturated heterocycles.